The molecule has 0 saturated heterocycles. The van der Waals surface area contributed by atoms with Gasteiger partial charge in [-0.15, -0.1) is 0 Å². The van der Waals surface area contributed by atoms with Crippen LogP contribution in [0.4, 0.5) is 22.0 Å². The normalized spacial score (nSPS) is 12.6. The molecule has 3 rings (SSSR count). The van der Waals surface area contributed by atoms with Crippen LogP contribution in [0.2, 0.25) is 0 Å². The first-order valence-corrected chi connectivity index (χ1v) is 10.2. The van der Waals surface area contributed by atoms with Crippen molar-refractivity contribution in [2.45, 2.75) is 39.5 Å². The third-order valence-corrected chi connectivity index (χ3v) is 5.29. The van der Waals surface area contributed by atoms with Gasteiger partial charge in [0.1, 0.15) is 6.61 Å². The van der Waals surface area contributed by atoms with Gasteiger partial charge in [0, 0.05) is 11.9 Å². The molecule has 0 fully saturated rings. The van der Waals surface area contributed by atoms with Crippen molar-refractivity contribution in [2.75, 3.05) is 0 Å². The average molecular weight is 467 g/mol. The first kappa shape index (κ1) is 24.3. The number of hydrogen-bond acceptors (Lipinski definition) is 2. The van der Waals surface area contributed by atoms with Gasteiger partial charge in [0.25, 0.3) is 0 Å². The lowest BCUT2D eigenvalue weighted by Gasteiger charge is -2.16. The molecule has 1 atom stereocenters. The monoisotopic (exact) mass is 467 g/mol. The molecular weight excluding hydrogens is 445 g/mol. The van der Waals surface area contributed by atoms with E-state index in [4.69, 9.17) is 9.84 Å². The highest BCUT2D eigenvalue weighted by Crippen LogP contribution is 2.35. The lowest BCUT2D eigenvalue weighted by atomic mass is 10.0. The number of carboxylic acid groups (broad SMARTS) is 1. The highest BCUT2D eigenvalue weighted by atomic mass is 19.4. The van der Waals surface area contributed by atoms with Crippen LogP contribution < -0.4 is 4.74 Å². The van der Waals surface area contributed by atoms with Gasteiger partial charge in [-0.2, -0.15) is 13.2 Å². The number of carboxylic acids is 1. The maximum absolute atomic E-state index is 14.5. The van der Waals surface area contributed by atoms with E-state index in [1.54, 1.807) is 24.3 Å². The molecule has 0 saturated carbocycles. The molecule has 0 spiro atoms. The molecule has 0 radical (unpaired) electrons. The van der Waals surface area contributed by atoms with Crippen LogP contribution in [0.5, 0.6) is 5.75 Å². The van der Waals surface area contributed by atoms with Gasteiger partial charge in [-0.1, -0.05) is 26.0 Å². The number of aliphatic carboxylic acids is 1. The summed E-state index contributed by atoms with van der Waals surface area (Å²) >= 11 is 0. The molecular formula is C24H22F5NO3. The third kappa shape index (κ3) is 5.53. The Morgan fingerprint density at radius 2 is 1.67 bits per heavy atom. The van der Waals surface area contributed by atoms with E-state index in [1.165, 1.54) is 17.7 Å². The SMILES string of the molecule is CCc1ccc(-n2ccc(C(F)(F)F)c2COc2c(F)cc(CC(C)C(=O)O)cc2F)cc1. The Bertz CT molecular complexity index is 1110. The summed E-state index contributed by atoms with van der Waals surface area (Å²) in [6.07, 6.45) is -2.82. The molecule has 1 N–H and O–H groups in total. The minimum atomic E-state index is -4.69. The summed E-state index contributed by atoms with van der Waals surface area (Å²) in [5, 5.41) is 8.96. The fourth-order valence-electron chi connectivity index (χ4n) is 3.45. The number of nitrogens with zero attached hydrogens (tertiary/aromatic N) is 1. The summed E-state index contributed by atoms with van der Waals surface area (Å²) in [7, 11) is 0. The lowest BCUT2D eigenvalue weighted by Crippen LogP contribution is -2.14. The lowest BCUT2D eigenvalue weighted by molar-refractivity contribution is -0.141. The van der Waals surface area contributed by atoms with Crippen LogP contribution in [0, 0.1) is 17.6 Å². The van der Waals surface area contributed by atoms with Gasteiger partial charge in [-0.05, 0) is 54.3 Å². The van der Waals surface area contributed by atoms with Crippen LogP contribution in [0.3, 0.4) is 0 Å². The Labute approximate surface area is 187 Å². The van der Waals surface area contributed by atoms with E-state index < -0.39 is 47.6 Å². The zero-order valence-electron chi connectivity index (χ0n) is 17.9. The molecule has 0 aliphatic carbocycles. The minimum Gasteiger partial charge on any atom is -0.481 e. The molecule has 33 heavy (non-hydrogen) atoms. The molecule has 1 heterocycles. The van der Waals surface area contributed by atoms with Gasteiger partial charge in [0.15, 0.2) is 17.4 Å². The number of aromatic nitrogens is 1. The van der Waals surface area contributed by atoms with E-state index >= 15 is 0 Å². The van der Waals surface area contributed by atoms with Crippen molar-refractivity contribution >= 4 is 5.97 Å². The molecule has 3 aromatic rings. The van der Waals surface area contributed by atoms with Crippen LogP contribution in [0.25, 0.3) is 5.69 Å². The van der Waals surface area contributed by atoms with Crippen molar-refractivity contribution in [1.82, 2.24) is 4.57 Å². The second kappa shape index (κ2) is 9.64. The number of halogens is 5. The summed E-state index contributed by atoms with van der Waals surface area (Å²) in [6.45, 7) is 2.60. The van der Waals surface area contributed by atoms with E-state index in [9.17, 15) is 26.7 Å². The smallest absolute Gasteiger partial charge is 0.418 e. The van der Waals surface area contributed by atoms with Gasteiger partial charge in [-0.25, -0.2) is 8.78 Å². The van der Waals surface area contributed by atoms with Crippen molar-refractivity contribution in [2.24, 2.45) is 5.92 Å². The molecule has 1 unspecified atom stereocenters. The Morgan fingerprint density at radius 1 is 1.06 bits per heavy atom. The Hall–Kier alpha value is -3.36. The van der Waals surface area contributed by atoms with E-state index in [1.807, 2.05) is 6.92 Å². The van der Waals surface area contributed by atoms with Crippen LogP contribution in [-0.2, 0) is 30.4 Å². The van der Waals surface area contributed by atoms with Crippen molar-refractivity contribution in [3.63, 3.8) is 0 Å². The molecule has 0 aliphatic rings. The van der Waals surface area contributed by atoms with Crippen LogP contribution in [0.1, 0.15) is 36.2 Å². The van der Waals surface area contributed by atoms with Crippen LogP contribution in [0.15, 0.2) is 48.7 Å². The summed E-state index contributed by atoms with van der Waals surface area (Å²) in [5.41, 5.74) is 0.257. The summed E-state index contributed by atoms with van der Waals surface area (Å²) in [5.74, 6) is -5.07. The Balaban J connectivity index is 1.91. The topological polar surface area (TPSA) is 51.5 Å². The number of rotatable bonds is 8. The number of alkyl halides is 3. The summed E-state index contributed by atoms with van der Waals surface area (Å²) < 4.78 is 76.1. The predicted octanol–water partition coefficient (Wildman–Crippen LogP) is 6.18. The number of ether oxygens (including phenoxy) is 1. The number of benzene rings is 2. The second-order valence-corrected chi connectivity index (χ2v) is 7.68. The molecule has 176 valence electrons. The van der Waals surface area contributed by atoms with Crippen molar-refractivity contribution in [3.8, 4) is 11.4 Å². The molecule has 2 aromatic carbocycles. The fourth-order valence-corrected chi connectivity index (χ4v) is 3.45. The maximum atomic E-state index is 14.5. The number of aryl methyl sites for hydroxylation is 1. The van der Waals surface area contributed by atoms with E-state index in [-0.39, 0.29) is 17.7 Å². The second-order valence-electron chi connectivity index (χ2n) is 7.68. The van der Waals surface area contributed by atoms with Crippen LogP contribution >= 0.6 is 0 Å². The van der Waals surface area contributed by atoms with Gasteiger partial charge in [0.05, 0.1) is 17.2 Å². The Kier molecular flexibility index (Phi) is 7.09. The quantitative estimate of drug-likeness (QED) is 0.403. The maximum Gasteiger partial charge on any atom is 0.418 e. The van der Waals surface area contributed by atoms with E-state index in [2.05, 4.69) is 0 Å². The Morgan fingerprint density at radius 3 is 2.18 bits per heavy atom. The van der Waals surface area contributed by atoms with Crippen molar-refractivity contribution in [3.05, 3.63) is 82.7 Å². The first-order chi connectivity index (χ1) is 15.5. The molecule has 9 heteroatoms. The third-order valence-electron chi connectivity index (χ3n) is 5.29. The molecule has 0 bridgehead atoms. The first-order valence-electron chi connectivity index (χ1n) is 10.2. The number of hydrogen-bond donors (Lipinski definition) is 1. The predicted molar refractivity (Wildman–Crippen MR) is 111 cm³/mol. The average Bonchev–Trinajstić information content (AvgIpc) is 3.17. The van der Waals surface area contributed by atoms with Gasteiger partial charge >= 0.3 is 12.1 Å². The highest BCUT2D eigenvalue weighted by Gasteiger charge is 2.36. The van der Waals surface area contributed by atoms with Gasteiger partial charge < -0.3 is 14.4 Å². The van der Waals surface area contributed by atoms with E-state index in [0.717, 1.165) is 30.2 Å². The standard InChI is InChI=1S/C24H22F5NO3/c1-3-15-4-6-17(7-5-15)30-9-8-18(24(27,28)29)21(30)13-33-22-19(25)11-16(12-20(22)26)10-14(2)23(31)32/h4-9,11-12,14H,3,10,13H2,1-2H3,(H,31,32). The molecule has 0 amide bonds. The molecule has 1 aromatic heterocycles. The minimum absolute atomic E-state index is 0.0996. The largest absolute Gasteiger partial charge is 0.481 e. The molecule has 4 nitrogen and oxygen atoms in total. The fraction of sp³-hybridized carbons (Fsp3) is 0.292. The van der Waals surface area contributed by atoms with Gasteiger partial charge in [0.2, 0.25) is 0 Å². The highest BCUT2D eigenvalue weighted by molar-refractivity contribution is 5.69. The van der Waals surface area contributed by atoms with Crippen molar-refractivity contribution in [1.29, 1.82) is 0 Å². The zero-order chi connectivity index (χ0) is 24.3. The zero-order valence-corrected chi connectivity index (χ0v) is 17.9. The summed E-state index contributed by atoms with van der Waals surface area (Å²) in [6, 6.07) is 9.60. The summed E-state index contributed by atoms with van der Waals surface area (Å²) in [4.78, 5) is 11.0. The van der Waals surface area contributed by atoms with Gasteiger partial charge in [-0.3, -0.25) is 4.79 Å². The van der Waals surface area contributed by atoms with E-state index in [0.29, 0.717) is 5.69 Å². The molecule has 0 aliphatic heterocycles. The van der Waals surface area contributed by atoms with Crippen LogP contribution in [-0.4, -0.2) is 15.6 Å². The number of carbonyl (C=O) groups is 1. The van der Waals surface area contributed by atoms with Crippen molar-refractivity contribution < 1.29 is 36.6 Å².